The summed E-state index contributed by atoms with van der Waals surface area (Å²) in [7, 11) is 0. The molecule has 132 valence electrons. The summed E-state index contributed by atoms with van der Waals surface area (Å²) in [4.78, 5) is 12.2. The fraction of sp³-hybridized carbons (Fsp3) is 0.182. The predicted molar refractivity (Wildman–Crippen MR) is 106 cm³/mol. The van der Waals surface area contributed by atoms with Crippen LogP contribution in [-0.4, -0.2) is 18.7 Å². The lowest BCUT2D eigenvalue weighted by Gasteiger charge is -2.06. The van der Waals surface area contributed by atoms with E-state index in [0.717, 1.165) is 29.5 Å². The number of nitrogens with zero attached hydrogens (tertiary/aromatic N) is 1. The van der Waals surface area contributed by atoms with Gasteiger partial charge in [0.1, 0.15) is 5.75 Å². The fourth-order valence-electron chi connectivity index (χ4n) is 2.55. The number of carbonyl (C=O) groups is 1. The van der Waals surface area contributed by atoms with Gasteiger partial charge < -0.3 is 4.74 Å². The first kappa shape index (κ1) is 17.7. The van der Waals surface area contributed by atoms with Crippen molar-refractivity contribution >= 4 is 22.9 Å². The van der Waals surface area contributed by atoms with Crippen LogP contribution >= 0.6 is 0 Å². The van der Waals surface area contributed by atoms with Gasteiger partial charge in [0.15, 0.2) is 0 Å². The highest BCUT2D eigenvalue weighted by Gasteiger charge is 2.04. The summed E-state index contributed by atoms with van der Waals surface area (Å²) in [6.07, 6.45) is 3.76. The lowest BCUT2D eigenvalue weighted by Crippen LogP contribution is -2.17. The van der Waals surface area contributed by atoms with Crippen molar-refractivity contribution in [3.05, 3.63) is 77.9 Å². The van der Waals surface area contributed by atoms with Crippen LogP contribution in [-0.2, 0) is 0 Å². The molecular weight excluding hydrogens is 324 g/mol. The number of carbonyl (C=O) groups excluding carboxylic acids is 1. The van der Waals surface area contributed by atoms with Gasteiger partial charge in [0, 0.05) is 5.56 Å². The standard InChI is InChI=1S/C22H22N2O2/c1-2-3-14-26-21-12-10-19(11-13-21)22(25)24-23-16-17-8-9-18-6-4-5-7-20(18)15-17/h4-13,15-16H,2-3,14H2,1H3,(H,24,25)/b23-16+. The van der Waals surface area contributed by atoms with Crippen molar-refractivity contribution in [2.24, 2.45) is 5.10 Å². The summed E-state index contributed by atoms with van der Waals surface area (Å²) in [6, 6.07) is 21.3. The Labute approximate surface area is 153 Å². The molecule has 0 radical (unpaired) electrons. The number of fused-ring (bicyclic) bond motifs is 1. The maximum atomic E-state index is 12.2. The Hall–Kier alpha value is -3.14. The van der Waals surface area contributed by atoms with Gasteiger partial charge in [-0.25, -0.2) is 5.43 Å². The highest BCUT2D eigenvalue weighted by molar-refractivity contribution is 5.95. The number of benzene rings is 3. The molecule has 0 aliphatic carbocycles. The van der Waals surface area contributed by atoms with Gasteiger partial charge >= 0.3 is 0 Å². The molecule has 0 spiro atoms. The zero-order valence-corrected chi connectivity index (χ0v) is 14.8. The molecule has 26 heavy (non-hydrogen) atoms. The molecule has 1 N–H and O–H groups in total. The van der Waals surface area contributed by atoms with Crippen LogP contribution in [0.1, 0.15) is 35.7 Å². The number of nitrogens with one attached hydrogen (secondary N) is 1. The van der Waals surface area contributed by atoms with E-state index >= 15 is 0 Å². The number of hydrogen-bond donors (Lipinski definition) is 1. The molecule has 4 nitrogen and oxygen atoms in total. The predicted octanol–water partition coefficient (Wildman–Crippen LogP) is 4.78. The number of ether oxygens (including phenoxy) is 1. The van der Waals surface area contributed by atoms with Gasteiger partial charge in [-0.3, -0.25) is 4.79 Å². The zero-order chi connectivity index (χ0) is 18.2. The lowest BCUT2D eigenvalue weighted by atomic mass is 10.1. The summed E-state index contributed by atoms with van der Waals surface area (Å²) in [6.45, 7) is 2.81. The van der Waals surface area contributed by atoms with Crippen molar-refractivity contribution in [3.8, 4) is 5.75 Å². The first-order chi connectivity index (χ1) is 12.8. The number of rotatable bonds is 7. The van der Waals surface area contributed by atoms with Crippen molar-refractivity contribution in [1.82, 2.24) is 5.43 Å². The molecule has 0 atom stereocenters. The minimum Gasteiger partial charge on any atom is -0.494 e. The first-order valence-corrected chi connectivity index (χ1v) is 8.81. The molecule has 3 aromatic rings. The van der Waals surface area contributed by atoms with Gasteiger partial charge in [0.2, 0.25) is 0 Å². The normalized spacial score (nSPS) is 11.0. The van der Waals surface area contributed by atoms with E-state index in [1.807, 2.05) is 30.3 Å². The van der Waals surface area contributed by atoms with Crippen LogP contribution in [0.4, 0.5) is 0 Å². The SMILES string of the molecule is CCCCOc1ccc(C(=O)N/N=C/c2ccc3ccccc3c2)cc1. The monoisotopic (exact) mass is 346 g/mol. The molecule has 0 unspecified atom stereocenters. The molecule has 0 saturated heterocycles. The Balaban J connectivity index is 1.57. The number of hydrogen-bond acceptors (Lipinski definition) is 3. The van der Waals surface area contributed by atoms with Crippen LogP contribution < -0.4 is 10.2 Å². The van der Waals surface area contributed by atoms with E-state index in [2.05, 4.69) is 29.6 Å². The third kappa shape index (κ3) is 4.70. The van der Waals surface area contributed by atoms with E-state index in [4.69, 9.17) is 4.74 Å². The summed E-state index contributed by atoms with van der Waals surface area (Å²) in [5.41, 5.74) is 4.04. The van der Waals surface area contributed by atoms with Crippen LogP contribution in [0.15, 0.2) is 71.8 Å². The molecule has 1 amide bonds. The maximum Gasteiger partial charge on any atom is 0.271 e. The van der Waals surface area contributed by atoms with Crippen LogP contribution in [0.3, 0.4) is 0 Å². The first-order valence-electron chi connectivity index (χ1n) is 8.81. The van der Waals surface area contributed by atoms with Crippen LogP contribution in [0.5, 0.6) is 5.75 Å². The van der Waals surface area contributed by atoms with E-state index in [1.165, 1.54) is 5.39 Å². The largest absolute Gasteiger partial charge is 0.494 e. The number of hydrazone groups is 1. The Morgan fingerprint density at radius 2 is 1.81 bits per heavy atom. The molecule has 0 saturated carbocycles. The molecule has 0 aliphatic rings. The quantitative estimate of drug-likeness (QED) is 0.380. The summed E-state index contributed by atoms with van der Waals surface area (Å²) in [5.74, 6) is 0.525. The number of amides is 1. The third-order valence-electron chi connectivity index (χ3n) is 4.04. The molecule has 0 aromatic heterocycles. The van der Waals surface area contributed by atoms with Crippen molar-refractivity contribution in [2.75, 3.05) is 6.61 Å². The molecule has 0 aliphatic heterocycles. The molecule has 4 heteroatoms. The second-order valence-electron chi connectivity index (χ2n) is 6.03. The highest BCUT2D eigenvalue weighted by atomic mass is 16.5. The highest BCUT2D eigenvalue weighted by Crippen LogP contribution is 2.15. The van der Waals surface area contributed by atoms with Gasteiger partial charge in [-0.05, 0) is 53.1 Å². The van der Waals surface area contributed by atoms with E-state index < -0.39 is 0 Å². The minimum absolute atomic E-state index is 0.248. The van der Waals surface area contributed by atoms with E-state index in [-0.39, 0.29) is 5.91 Å². The molecule has 3 aromatic carbocycles. The van der Waals surface area contributed by atoms with Crippen LogP contribution in [0.2, 0.25) is 0 Å². The second kappa shape index (κ2) is 8.81. The van der Waals surface area contributed by atoms with Crippen molar-refractivity contribution in [1.29, 1.82) is 0 Å². The average molecular weight is 346 g/mol. The van der Waals surface area contributed by atoms with E-state index in [9.17, 15) is 4.79 Å². The van der Waals surface area contributed by atoms with Gasteiger partial charge in [-0.1, -0.05) is 49.7 Å². The van der Waals surface area contributed by atoms with Crippen LogP contribution in [0.25, 0.3) is 10.8 Å². The Kier molecular flexibility index (Phi) is 5.99. The van der Waals surface area contributed by atoms with Crippen molar-refractivity contribution in [3.63, 3.8) is 0 Å². The Bertz CT molecular complexity index is 901. The van der Waals surface area contributed by atoms with Gasteiger partial charge in [0.25, 0.3) is 5.91 Å². The number of unbranched alkanes of at least 4 members (excludes halogenated alkanes) is 1. The Morgan fingerprint density at radius 1 is 1.04 bits per heavy atom. The van der Waals surface area contributed by atoms with E-state index in [0.29, 0.717) is 12.2 Å². The summed E-state index contributed by atoms with van der Waals surface area (Å²) >= 11 is 0. The zero-order valence-electron chi connectivity index (χ0n) is 14.8. The van der Waals surface area contributed by atoms with Gasteiger partial charge in [-0.2, -0.15) is 5.10 Å². The van der Waals surface area contributed by atoms with Gasteiger partial charge in [0.05, 0.1) is 12.8 Å². The fourth-order valence-corrected chi connectivity index (χ4v) is 2.55. The third-order valence-corrected chi connectivity index (χ3v) is 4.04. The molecule has 0 fully saturated rings. The van der Waals surface area contributed by atoms with Crippen molar-refractivity contribution in [2.45, 2.75) is 19.8 Å². The molecule has 0 bridgehead atoms. The van der Waals surface area contributed by atoms with E-state index in [1.54, 1.807) is 30.5 Å². The average Bonchev–Trinajstić information content (AvgIpc) is 2.68. The molecule has 3 rings (SSSR count). The second-order valence-corrected chi connectivity index (χ2v) is 6.03. The topological polar surface area (TPSA) is 50.7 Å². The maximum absolute atomic E-state index is 12.2. The van der Waals surface area contributed by atoms with Crippen molar-refractivity contribution < 1.29 is 9.53 Å². The molecular formula is C22H22N2O2. The summed E-state index contributed by atoms with van der Waals surface area (Å²) in [5, 5.41) is 6.37. The minimum atomic E-state index is -0.248. The Morgan fingerprint density at radius 3 is 2.58 bits per heavy atom. The molecule has 0 heterocycles. The lowest BCUT2D eigenvalue weighted by molar-refractivity contribution is 0.0955. The van der Waals surface area contributed by atoms with Gasteiger partial charge in [-0.15, -0.1) is 0 Å². The smallest absolute Gasteiger partial charge is 0.271 e. The summed E-state index contributed by atoms with van der Waals surface area (Å²) < 4.78 is 5.59. The van der Waals surface area contributed by atoms with Crippen LogP contribution in [0, 0.1) is 0 Å².